The smallest absolute Gasteiger partial charge is 0.355 e. The number of carbonyl (C=O) groups excluding carboxylic acids is 1. The third-order valence-corrected chi connectivity index (χ3v) is 5.81. The second-order valence-corrected chi connectivity index (χ2v) is 9.27. The van der Waals surface area contributed by atoms with E-state index in [9.17, 15) is 18.0 Å². The van der Waals surface area contributed by atoms with Crippen molar-refractivity contribution in [2.45, 2.75) is 37.5 Å². The maximum Gasteiger partial charge on any atom is 0.433 e. The quantitative estimate of drug-likeness (QED) is 0.304. The molecule has 5 nitrogen and oxygen atoms in total. The van der Waals surface area contributed by atoms with Crippen LogP contribution in [0.4, 0.5) is 19.0 Å². The number of rotatable bonds is 9. The Morgan fingerprint density at radius 1 is 1.03 bits per heavy atom. The van der Waals surface area contributed by atoms with Crippen molar-refractivity contribution in [1.82, 2.24) is 15.3 Å². The summed E-state index contributed by atoms with van der Waals surface area (Å²) in [5.41, 5.74) is 1.38. The number of nitrogens with one attached hydrogen (secondary N) is 1. The molecule has 180 valence electrons. The summed E-state index contributed by atoms with van der Waals surface area (Å²) in [5, 5.41) is 2.90. The molecular formula is C25H27F3N4OS. The Balaban J connectivity index is 1.72. The van der Waals surface area contributed by atoms with E-state index in [1.165, 1.54) is 0 Å². The highest BCUT2D eigenvalue weighted by molar-refractivity contribution is 7.98. The predicted octanol–water partition coefficient (Wildman–Crippen LogP) is 5.81. The molecule has 0 aliphatic carbocycles. The summed E-state index contributed by atoms with van der Waals surface area (Å²) in [6.45, 7) is 5.03. The van der Waals surface area contributed by atoms with E-state index in [0.717, 1.165) is 29.0 Å². The molecule has 3 aromatic rings. The monoisotopic (exact) mass is 488 g/mol. The molecule has 0 aliphatic heterocycles. The zero-order valence-electron chi connectivity index (χ0n) is 19.3. The summed E-state index contributed by atoms with van der Waals surface area (Å²) in [4.78, 5) is 21.9. The van der Waals surface area contributed by atoms with Crippen molar-refractivity contribution < 1.29 is 18.0 Å². The van der Waals surface area contributed by atoms with Crippen molar-refractivity contribution >= 4 is 23.5 Å². The fourth-order valence-electron chi connectivity index (χ4n) is 3.06. The highest BCUT2D eigenvalue weighted by Gasteiger charge is 2.34. The summed E-state index contributed by atoms with van der Waals surface area (Å²) < 4.78 is 40.4. The number of nitrogens with zero attached hydrogens (tertiary/aromatic N) is 3. The molecular weight excluding hydrogens is 461 g/mol. The van der Waals surface area contributed by atoms with Crippen LogP contribution in [-0.4, -0.2) is 29.5 Å². The molecule has 0 saturated heterocycles. The molecule has 0 radical (unpaired) electrons. The van der Waals surface area contributed by atoms with E-state index in [1.54, 1.807) is 36.2 Å². The molecule has 34 heavy (non-hydrogen) atoms. The first-order valence-electron chi connectivity index (χ1n) is 10.8. The second-order valence-electron chi connectivity index (χ2n) is 8.32. The van der Waals surface area contributed by atoms with Gasteiger partial charge in [-0.15, -0.1) is 0 Å². The molecule has 1 amide bonds. The molecule has 3 rings (SSSR count). The lowest BCUT2D eigenvalue weighted by Crippen LogP contribution is -2.27. The van der Waals surface area contributed by atoms with Crippen LogP contribution in [0.5, 0.6) is 0 Å². The average Bonchev–Trinajstić information content (AvgIpc) is 2.81. The van der Waals surface area contributed by atoms with Gasteiger partial charge in [0.15, 0.2) is 10.9 Å². The van der Waals surface area contributed by atoms with Gasteiger partial charge in [-0.1, -0.05) is 68.1 Å². The second kappa shape index (κ2) is 11.4. The van der Waals surface area contributed by atoms with E-state index < -0.39 is 11.9 Å². The van der Waals surface area contributed by atoms with E-state index in [4.69, 9.17) is 0 Å². The number of thioether (sulfide) groups is 1. The Morgan fingerprint density at radius 3 is 2.32 bits per heavy atom. The van der Waals surface area contributed by atoms with Crippen LogP contribution in [0.25, 0.3) is 0 Å². The van der Waals surface area contributed by atoms with Gasteiger partial charge in [0.2, 0.25) is 0 Å². The number of halogens is 3. The zero-order valence-corrected chi connectivity index (χ0v) is 20.1. The van der Waals surface area contributed by atoms with Crippen molar-refractivity contribution in [3.05, 3.63) is 83.0 Å². The van der Waals surface area contributed by atoms with E-state index in [1.807, 2.05) is 44.2 Å². The first-order valence-corrected chi connectivity index (χ1v) is 11.8. The summed E-state index contributed by atoms with van der Waals surface area (Å²) in [6, 6.07) is 17.4. The van der Waals surface area contributed by atoms with Crippen LogP contribution in [0.3, 0.4) is 0 Å². The number of benzene rings is 2. The number of hydrogen-bond acceptors (Lipinski definition) is 5. The van der Waals surface area contributed by atoms with Crippen molar-refractivity contribution in [3.63, 3.8) is 0 Å². The topological polar surface area (TPSA) is 58.1 Å². The van der Waals surface area contributed by atoms with Gasteiger partial charge in [-0.2, -0.15) is 13.2 Å². The Labute approximate surface area is 201 Å². The Morgan fingerprint density at radius 2 is 1.71 bits per heavy atom. The number of amides is 1. The number of alkyl halides is 3. The third kappa shape index (κ3) is 7.48. The van der Waals surface area contributed by atoms with Crippen LogP contribution in [-0.2, 0) is 18.5 Å². The van der Waals surface area contributed by atoms with Crippen LogP contribution in [0.1, 0.15) is 41.0 Å². The van der Waals surface area contributed by atoms with Gasteiger partial charge in [-0.3, -0.25) is 4.79 Å². The third-order valence-electron chi connectivity index (χ3n) is 4.89. The lowest BCUT2D eigenvalue weighted by Gasteiger charge is -2.20. The van der Waals surface area contributed by atoms with Crippen molar-refractivity contribution in [2.24, 2.45) is 5.92 Å². The number of carbonyl (C=O) groups is 1. The van der Waals surface area contributed by atoms with Crippen molar-refractivity contribution in [2.75, 3.05) is 18.5 Å². The SMILES string of the molecule is CC(C)CNC(=O)c1ccc(CSc2nc(N(C)Cc3ccccc3)cc(C(F)(F)F)n2)cc1. The van der Waals surface area contributed by atoms with E-state index in [0.29, 0.717) is 30.3 Å². The predicted molar refractivity (Wildman–Crippen MR) is 129 cm³/mol. The average molecular weight is 489 g/mol. The molecule has 1 N–H and O–H groups in total. The Bertz CT molecular complexity index is 1090. The largest absolute Gasteiger partial charge is 0.433 e. The summed E-state index contributed by atoms with van der Waals surface area (Å²) in [5.74, 6) is 0.770. The Hall–Kier alpha value is -3.07. The van der Waals surface area contributed by atoms with Crippen LogP contribution >= 0.6 is 11.8 Å². The lowest BCUT2D eigenvalue weighted by molar-refractivity contribution is -0.141. The summed E-state index contributed by atoms with van der Waals surface area (Å²) >= 11 is 1.12. The van der Waals surface area contributed by atoms with Gasteiger partial charge < -0.3 is 10.2 Å². The summed E-state index contributed by atoms with van der Waals surface area (Å²) in [7, 11) is 1.70. The van der Waals surface area contributed by atoms with Gasteiger partial charge >= 0.3 is 6.18 Å². The highest BCUT2D eigenvalue weighted by atomic mass is 32.2. The van der Waals surface area contributed by atoms with Gasteiger partial charge in [0.1, 0.15) is 5.82 Å². The standard InChI is InChI=1S/C25H27F3N4OS/c1-17(2)14-29-23(33)20-11-9-19(10-12-20)16-34-24-30-21(25(26,27)28)13-22(31-24)32(3)15-18-7-5-4-6-8-18/h4-13,17H,14-16H2,1-3H3,(H,29,33). The molecule has 0 bridgehead atoms. The van der Waals surface area contributed by atoms with Gasteiger partial charge in [0, 0.05) is 37.5 Å². The molecule has 2 aromatic carbocycles. The van der Waals surface area contributed by atoms with Crippen LogP contribution < -0.4 is 10.2 Å². The normalized spacial score (nSPS) is 11.5. The molecule has 9 heteroatoms. The van der Waals surface area contributed by atoms with Crippen LogP contribution in [0.2, 0.25) is 0 Å². The zero-order chi connectivity index (χ0) is 24.7. The molecule has 0 fully saturated rings. The van der Waals surface area contributed by atoms with Crippen LogP contribution in [0.15, 0.2) is 65.8 Å². The summed E-state index contributed by atoms with van der Waals surface area (Å²) in [6.07, 6.45) is -4.58. The number of hydrogen-bond donors (Lipinski definition) is 1. The Kier molecular flexibility index (Phi) is 8.55. The maximum absolute atomic E-state index is 13.5. The molecule has 0 saturated carbocycles. The molecule has 0 atom stereocenters. The molecule has 1 aromatic heterocycles. The minimum absolute atomic E-state index is 0.0449. The van der Waals surface area contributed by atoms with Crippen molar-refractivity contribution in [3.8, 4) is 0 Å². The fourth-order valence-corrected chi connectivity index (χ4v) is 3.86. The minimum Gasteiger partial charge on any atom is -0.355 e. The van der Waals surface area contributed by atoms with E-state index >= 15 is 0 Å². The fraction of sp³-hybridized carbons (Fsp3) is 0.320. The van der Waals surface area contributed by atoms with Gasteiger partial charge in [0.05, 0.1) is 0 Å². The molecule has 0 unspecified atom stereocenters. The molecule has 1 heterocycles. The lowest BCUT2D eigenvalue weighted by atomic mass is 10.1. The van der Waals surface area contributed by atoms with Gasteiger partial charge in [-0.05, 0) is 29.2 Å². The first-order chi connectivity index (χ1) is 16.1. The minimum atomic E-state index is -4.58. The number of aromatic nitrogens is 2. The van der Waals surface area contributed by atoms with E-state index in [-0.39, 0.29) is 16.9 Å². The number of anilines is 1. The van der Waals surface area contributed by atoms with E-state index in [2.05, 4.69) is 15.3 Å². The first kappa shape index (κ1) is 25.6. The van der Waals surface area contributed by atoms with Crippen LogP contribution in [0, 0.1) is 5.92 Å². The highest BCUT2D eigenvalue weighted by Crippen LogP contribution is 2.32. The van der Waals surface area contributed by atoms with Crippen molar-refractivity contribution in [1.29, 1.82) is 0 Å². The molecule has 0 aliphatic rings. The van der Waals surface area contributed by atoms with Gasteiger partial charge in [-0.25, -0.2) is 9.97 Å². The van der Waals surface area contributed by atoms with Gasteiger partial charge in [0.25, 0.3) is 5.91 Å². The maximum atomic E-state index is 13.5. The molecule has 0 spiro atoms.